The molecule has 1 spiro atoms. The van der Waals surface area contributed by atoms with Crippen molar-refractivity contribution < 1.29 is 26.7 Å². The number of fused-ring (bicyclic) bond motifs is 1. The highest BCUT2D eigenvalue weighted by Gasteiger charge is 2.58. The predicted molar refractivity (Wildman–Crippen MR) is 121 cm³/mol. The Morgan fingerprint density at radius 2 is 1.78 bits per heavy atom. The molecular formula is C23H24F5N7O. The van der Waals surface area contributed by atoms with E-state index >= 15 is 0 Å². The molecule has 0 N–H and O–H groups in total. The molecule has 192 valence electrons. The maximum Gasteiger partial charge on any atom is 0.433 e. The summed E-state index contributed by atoms with van der Waals surface area (Å²) in [4.78, 5) is 29.0. The number of carbonyl (C=O) groups excluding carboxylic acids is 1. The van der Waals surface area contributed by atoms with Gasteiger partial charge in [0.05, 0.1) is 24.3 Å². The molecule has 5 rings (SSSR count). The van der Waals surface area contributed by atoms with Crippen LogP contribution in [0.15, 0.2) is 30.7 Å². The molecule has 0 bridgehead atoms. The van der Waals surface area contributed by atoms with Gasteiger partial charge in [-0.05, 0) is 38.8 Å². The number of nitrogens with zero attached hydrogens (tertiary/aromatic N) is 7. The molecule has 0 atom stereocenters. The van der Waals surface area contributed by atoms with Crippen LogP contribution in [0.2, 0.25) is 0 Å². The summed E-state index contributed by atoms with van der Waals surface area (Å²) in [6.07, 6.45) is -1.52. The molecule has 2 aliphatic rings. The van der Waals surface area contributed by atoms with Gasteiger partial charge in [0.1, 0.15) is 23.6 Å². The summed E-state index contributed by atoms with van der Waals surface area (Å²) in [6.45, 7) is 4.40. The molecule has 2 saturated heterocycles. The summed E-state index contributed by atoms with van der Waals surface area (Å²) in [7, 11) is 0. The van der Waals surface area contributed by atoms with Crippen molar-refractivity contribution in [3.63, 3.8) is 0 Å². The molecule has 3 aromatic heterocycles. The number of hydrogen-bond acceptors (Lipinski definition) is 6. The molecule has 0 saturated carbocycles. The molecule has 8 nitrogen and oxygen atoms in total. The number of halogens is 5. The Hall–Kier alpha value is -3.38. The van der Waals surface area contributed by atoms with Crippen LogP contribution in [0.4, 0.5) is 33.5 Å². The lowest BCUT2D eigenvalue weighted by Gasteiger charge is -2.49. The number of alkyl halides is 5. The van der Waals surface area contributed by atoms with Crippen molar-refractivity contribution >= 4 is 28.6 Å². The van der Waals surface area contributed by atoms with Crippen molar-refractivity contribution in [1.82, 2.24) is 24.7 Å². The minimum absolute atomic E-state index is 0.160. The number of amides is 1. The summed E-state index contributed by atoms with van der Waals surface area (Å²) in [6, 6.07) is 2.18. The molecule has 1 amide bonds. The van der Waals surface area contributed by atoms with E-state index < -0.39 is 35.8 Å². The van der Waals surface area contributed by atoms with Crippen molar-refractivity contribution in [3.8, 4) is 0 Å². The van der Waals surface area contributed by atoms with E-state index in [4.69, 9.17) is 0 Å². The number of carbonyl (C=O) groups is 1. The third-order valence-corrected chi connectivity index (χ3v) is 7.58. The smallest absolute Gasteiger partial charge is 0.355 e. The van der Waals surface area contributed by atoms with Crippen molar-refractivity contribution in [3.05, 3.63) is 36.4 Å². The summed E-state index contributed by atoms with van der Waals surface area (Å²) < 4.78 is 65.7. The minimum atomic E-state index is -4.56. The lowest BCUT2D eigenvalue weighted by atomic mass is 9.65. The predicted octanol–water partition coefficient (Wildman–Crippen LogP) is 4.31. The van der Waals surface area contributed by atoms with Crippen molar-refractivity contribution in [2.45, 2.75) is 57.8 Å². The average molecular weight is 509 g/mol. The SMILES string of the molecule is CC1(C)N(c2ccc(C(F)(F)F)nc2)C(=O)CC12CCN(c1cnc3cnn(CC(F)F)c3n1)CC2. The minimum Gasteiger partial charge on any atom is -0.355 e. The second kappa shape index (κ2) is 8.34. The van der Waals surface area contributed by atoms with Crippen LogP contribution in [0.3, 0.4) is 0 Å². The zero-order valence-electron chi connectivity index (χ0n) is 19.6. The second-order valence-corrected chi connectivity index (χ2v) is 9.79. The monoisotopic (exact) mass is 509 g/mol. The first kappa shape index (κ1) is 24.3. The number of pyridine rings is 1. The Morgan fingerprint density at radius 1 is 1.06 bits per heavy atom. The molecule has 0 radical (unpaired) electrons. The Kier molecular flexibility index (Phi) is 5.63. The first-order valence-corrected chi connectivity index (χ1v) is 11.5. The molecule has 0 unspecified atom stereocenters. The lowest BCUT2D eigenvalue weighted by molar-refractivity contribution is -0.141. The van der Waals surface area contributed by atoms with E-state index in [2.05, 4.69) is 20.1 Å². The van der Waals surface area contributed by atoms with Crippen LogP contribution >= 0.6 is 0 Å². The van der Waals surface area contributed by atoms with Gasteiger partial charge in [-0.1, -0.05) is 0 Å². The van der Waals surface area contributed by atoms with E-state index in [1.165, 1.54) is 12.3 Å². The van der Waals surface area contributed by atoms with E-state index in [0.717, 1.165) is 16.9 Å². The van der Waals surface area contributed by atoms with Crippen LogP contribution in [0.1, 0.15) is 38.8 Å². The van der Waals surface area contributed by atoms with Crippen molar-refractivity contribution in [2.24, 2.45) is 5.41 Å². The van der Waals surface area contributed by atoms with Gasteiger partial charge in [0, 0.05) is 30.5 Å². The van der Waals surface area contributed by atoms with Crippen LogP contribution in [0.5, 0.6) is 0 Å². The van der Waals surface area contributed by atoms with Gasteiger partial charge in [0.15, 0.2) is 5.65 Å². The molecule has 0 aromatic carbocycles. The molecule has 3 aromatic rings. The van der Waals surface area contributed by atoms with E-state index in [9.17, 15) is 26.7 Å². The largest absolute Gasteiger partial charge is 0.433 e. The fourth-order valence-corrected chi connectivity index (χ4v) is 5.50. The molecule has 36 heavy (non-hydrogen) atoms. The average Bonchev–Trinajstić information content (AvgIpc) is 3.28. The number of hydrogen-bond donors (Lipinski definition) is 0. The van der Waals surface area contributed by atoms with E-state index in [1.807, 2.05) is 18.7 Å². The Bertz CT molecular complexity index is 1280. The maximum atomic E-state index is 13.1. The molecule has 5 heterocycles. The van der Waals surface area contributed by atoms with Crippen molar-refractivity contribution in [2.75, 3.05) is 22.9 Å². The first-order valence-electron chi connectivity index (χ1n) is 11.5. The summed E-state index contributed by atoms with van der Waals surface area (Å²) in [5.41, 5.74) is -1.03. The van der Waals surface area contributed by atoms with Gasteiger partial charge in [-0.3, -0.25) is 4.79 Å². The van der Waals surface area contributed by atoms with Gasteiger partial charge in [0.2, 0.25) is 5.91 Å². The maximum absolute atomic E-state index is 13.1. The van der Waals surface area contributed by atoms with Crippen molar-refractivity contribution in [1.29, 1.82) is 0 Å². The van der Waals surface area contributed by atoms with Gasteiger partial charge < -0.3 is 9.80 Å². The number of piperidine rings is 1. The number of aromatic nitrogens is 5. The van der Waals surface area contributed by atoms with Crippen LogP contribution in [0.25, 0.3) is 11.2 Å². The van der Waals surface area contributed by atoms with E-state index in [0.29, 0.717) is 43.0 Å². The van der Waals surface area contributed by atoms with Gasteiger partial charge in [-0.25, -0.2) is 28.4 Å². The zero-order valence-corrected chi connectivity index (χ0v) is 19.6. The standard InChI is InChI=1S/C23H24F5N7O/c1-21(2)22(9-19(36)35(21)14-3-4-16(30-10-14)23(26,27)28)5-7-33(8-6-22)18-12-29-15-11-31-34(13-17(24)25)20(15)32-18/h3-4,10-12,17H,5-9,13H2,1-2H3. The number of anilines is 2. The molecule has 13 heteroatoms. The Morgan fingerprint density at radius 3 is 2.39 bits per heavy atom. The van der Waals surface area contributed by atoms with Gasteiger partial charge in [0.25, 0.3) is 6.43 Å². The topological polar surface area (TPSA) is 80.0 Å². The third-order valence-electron chi connectivity index (χ3n) is 7.58. The summed E-state index contributed by atoms with van der Waals surface area (Å²) >= 11 is 0. The highest BCUT2D eigenvalue weighted by Crippen LogP contribution is 2.54. The van der Waals surface area contributed by atoms with Gasteiger partial charge >= 0.3 is 6.18 Å². The fourth-order valence-electron chi connectivity index (χ4n) is 5.50. The molecule has 2 fully saturated rings. The Labute approximate surface area is 203 Å². The highest BCUT2D eigenvalue weighted by molar-refractivity contribution is 5.98. The Balaban J connectivity index is 1.35. The third kappa shape index (κ3) is 3.94. The number of rotatable bonds is 4. The normalized spacial score (nSPS) is 19.7. The summed E-state index contributed by atoms with van der Waals surface area (Å²) in [5, 5.41) is 3.95. The molecular weight excluding hydrogens is 485 g/mol. The first-order chi connectivity index (χ1) is 16.9. The zero-order chi connectivity index (χ0) is 25.9. The molecule has 2 aliphatic heterocycles. The highest BCUT2D eigenvalue weighted by atomic mass is 19.4. The van der Waals surface area contributed by atoms with Crippen LogP contribution in [-0.2, 0) is 17.5 Å². The van der Waals surface area contributed by atoms with Crippen LogP contribution in [0, 0.1) is 5.41 Å². The lowest BCUT2D eigenvalue weighted by Crippen LogP contribution is -2.54. The van der Waals surface area contributed by atoms with Crippen LogP contribution < -0.4 is 9.80 Å². The fraction of sp³-hybridized carbons (Fsp3) is 0.522. The van der Waals surface area contributed by atoms with E-state index in [1.54, 1.807) is 11.1 Å². The van der Waals surface area contributed by atoms with E-state index in [-0.39, 0.29) is 18.0 Å². The summed E-state index contributed by atoms with van der Waals surface area (Å²) in [5.74, 6) is 0.381. The van der Waals surface area contributed by atoms with Gasteiger partial charge in [-0.2, -0.15) is 18.3 Å². The van der Waals surface area contributed by atoms with Gasteiger partial charge in [-0.15, -0.1) is 0 Å². The van der Waals surface area contributed by atoms with Crippen LogP contribution in [-0.4, -0.2) is 55.7 Å². The second-order valence-electron chi connectivity index (χ2n) is 9.79. The quantitative estimate of drug-likeness (QED) is 0.488. The molecule has 0 aliphatic carbocycles.